The van der Waals surface area contributed by atoms with E-state index in [1.165, 1.54) is 23.8 Å². The molecule has 4 nitrogen and oxygen atoms in total. The Morgan fingerprint density at radius 2 is 2.23 bits per heavy atom. The van der Waals surface area contributed by atoms with Crippen molar-refractivity contribution in [1.29, 1.82) is 0 Å². The fraction of sp³-hybridized carbons (Fsp3) is 0.611. The molecule has 0 amide bonds. The summed E-state index contributed by atoms with van der Waals surface area (Å²) in [6, 6.07) is 6.53. The predicted octanol–water partition coefficient (Wildman–Crippen LogP) is 2.85. The summed E-state index contributed by atoms with van der Waals surface area (Å²) in [5.41, 5.74) is 3.88. The van der Waals surface area contributed by atoms with Crippen LogP contribution in [0, 0.1) is 13.8 Å². The molecule has 122 valence electrons. The molecule has 1 aromatic carbocycles. The smallest absolute Gasteiger partial charge is 0.306 e. The maximum Gasteiger partial charge on any atom is 0.306 e. The van der Waals surface area contributed by atoms with Gasteiger partial charge in [-0.3, -0.25) is 9.69 Å². The van der Waals surface area contributed by atoms with Crippen molar-refractivity contribution in [3.05, 3.63) is 34.9 Å². The number of methoxy groups -OCH3 is 1. The van der Waals surface area contributed by atoms with Gasteiger partial charge in [0.2, 0.25) is 0 Å². The van der Waals surface area contributed by atoms with Gasteiger partial charge in [0, 0.05) is 26.2 Å². The van der Waals surface area contributed by atoms with Crippen molar-refractivity contribution in [2.45, 2.75) is 45.8 Å². The first-order valence-corrected chi connectivity index (χ1v) is 8.05. The van der Waals surface area contributed by atoms with Crippen LogP contribution in [0.4, 0.5) is 0 Å². The van der Waals surface area contributed by atoms with Crippen molar-refractivity contribution in [2.24, 2.45) is 0 Å². The zero-order valence-corrected chi connectivity index (χ0v) is 13.9. The number of carbonyl (C=O) groups is 1. The lowest BCUT2D eigenvalue weighted by Gasteiger charge is -2.25. The van der Waals surface area contributed by atoms with Crippen LogP contribution in [0.1, 0.15) is 36.0 Å². The number of ether oxygens (including phenoxy) is 2. The molecule has 1 saturated heterocycles. The van der Waals surface area contributed by atoms with Gasteiger partial charge < -0.3 is 9.47 Å². The second-order valence-corrected chi connectivity index (χ2v) is 6.13. The van der Waals surface area contributed by atoms with E-state index in [0.29, 0.717) is 19.1 Å². The Morgan fingerprint density at radius 1 is 1.41 bits per heavy atom. The van der Waals surface area contributed by atoms with E-state index in [4.69, 9.17) is 9.47 Å². The first-order valence-electron chi connectivity index (χ1n) is 8.05. The standard InChI is InChI=1S/C18H27NO3/c1-14-6-7-15(2)16(11-14)12-19(9-8-18(20)21-3)13-17-5-4-10-22-17/h6-7,11,17H,4-5,8-10,12-13H2,1-3H3. The quantitative estimate of drug-likeness (QED) is 0.726. The fourth-order valence-corrected chi connectivity index (χ4v) is 2.87. The number of nitrogens with zero attached hydrogens (tertiary/aromatic N) is 1. The first kappa shape index (κ1) is 17.0. The first-order chi connectivity index (χ1) is 10.6. The molecular weight excluding hydrogens is 278 g/mol. The molecule has 0 bridgehead atoms. The van der Waals surface area contributed by atoms with Crippen molar-refractivity contribution in [1.82, 2.24) is 4.90 Å². The second kappa shape index (κ2) is 8.30. The third kappa shape index (κ3) is 5.11. The molecule has 1 atom stereocenters. The van der Waals surface area contributed by atoms with Crippen LogP contribution in [0.3, 0.4) is 0 Å². The Morgan fingerprint density at radius 3 is 2.91 bits per heavy atom. The number of aryl methyl sites for hydroxylation is 2. The lowest BCUT2D eigenvalue weighted by atomic mass is 10.0. The van der Waals surface area contributed by atoms with E-state index in [2.05, 4.69) is 36.9 Å². The van der Waals surface area contributed by atoms with Gasteiger partial charge in [0.15, 0.2) is 0 Å². The summed E-state index contributed by atoms with van der Waals surface area (Å²) >= 11 is 0. The summed E-state index contributed by atoms with van der Waals surface area (Å²) in [4.78, 5) is 13.8. The average molecular weight is 305 g/mol. The summed E-state index contributed by atoms with van der Waals surface area (Å²) in [6.07, 6.45) is 2.97. The minimum Gasteiger partial charge on any atom is -0.469 e. The minimum absolute atomic E-state index is 0.154. The molecule has 2 rings (SSSR count). The van der Waals surface area contributed by atoms with Crippen molar-refractivity contribution >= 4 is 5.97 Å². The molecular formula is C18H27NO3. The molecule has 0 saturated carbocycles. The van der Waals surface area contributed by atoms with Gasteiger partial charge in [-0.2, -0.15) is 0 Å². The Balaban J connectivity index is 2.01. The van der Waals surface area contributed by atoms with Crippen molar-refractivity contribution < 1.29 is 14.3 Å². The normalized spacial score (nSPS) is 17.9. The van der Waals surface area contributed by atoms with Gasteiger partial charge >= 0.3 is 5.97 Å². The molecule has 1 aromatic rings. The van der Waals surface area contributed by atoms with E-state index < -0.39 is 0 Å². The lowest BCUT2D eigenvalue weighted by Crippen LogP contribution is -2.34. The van der Waals surface area contributed by atoms with Gasteiger partial charge in [-0.25, -0.2) is 0 Å². The molecule has 1 heterocycles. The van der Waals surface area contributed by atoms with Crippen molar-refractivity contribution in [3.8, 4) is 0 Å². The van der Waals surface area contributed by atoms with Crippen LogP contribution in [0.15, 0.2) is 18.2 Å². The molecule has 22 heavy (non-hydrogen) atoms. The maximum absolute atomic E-state index is 11.4. The molecule has 4 heteroatoms. The van der Waals surface area contributed by atoms with E-state index in [0.717, 1.165) is 32.5 Å². The zero-order chi connectivity index (χ0) is 15.9. The average Bonchev–Trinajstić information content (AvgIpc) is 3.01. The summed E-state index contributed by atoms with van der Waals surface area (Å²) in [6.45, 7) is 7.55. The summed E-state index contributed by atoms with van der Waals surface area (Å²) in [5, 5.41) is 0. The Kier molecular flexibility index (Phi) is 6.40. The highest BCUT2D eigenvalue weighted by molar-refractivity contribution is 5.69. The molecule has 1 unspecified atom stereocenters. The van der Waals surface area contributed by atoms with E-state index in [1.807, 2.05) is 0 Å². The number of benzene rings is 1. The van der Waals surface area contributed by atoms with E-state index in [9.17, 15) is 4.79 Å². The largest absolute Gasteiger partial charge is 0.469 e. The summed E-state index contributed by atoms with van der Waals surface area (Å²) in [7, 11) is 1.44. The van der Waals surface area contributed by atoms with Gasteiger partial charge in [-0.15, -0.1) is 0 Å². The zero-order valence-electron chi connectivity index (χ0n) is 13.9. The molecule has 0 spiro atoms. The monoisotopic (exact) mass is 305 g/mol. The van der Waals surface area contributed by atoms with Gasteiger partial charge in [0.25, 0.3) is 0 Å². The second-order valence-electron chi connectivity index (χ2n) is 6.13. The summed E-state index contributed by atoms with van der Waals surface area (Å²) < 4.78 is 10.5. The van der Waals surface area contributed by atoms with Crippen LogP contribution in [0.25, 0.3) is 0 Å². The molecule has 1 fully saturated rings. The molecule has 0 N–H and O–H groups in total. The SMILES string of the molecule is COC(=O)CCN(Cc1cc(C)ccc1C)CC1CCCO1. The topological polar surface area (TPSA) is 38.8 Å². The van der Waals surface area contributed by atoms with Crippen LogP contribution < -0.4 is 0 Å². The lowest BCUT2D eigenvalue weighted by molar-refractivity contribution is -0.141. The molecule has 0 radical (unpaired) electrons. The number of hydrogen-bond acceptors (Lipinski definition) is 4. The number of esters is 1. The number of carbonyl (C=O) groups excluding carboxylic acids is 1. The van der Waals surface area contributed by atoms with Crippen molar-refractivity contribution in [2.75, 3.05) is 26.8 Å². The Bertz CT molecular complexity index is 495. The fourth-order valence-electron chi connectivity index (χ4n) is 2.87. The maximum atomic E-state index is 11.4. The Labute approximate surface area is 133 Å². The van der Waals surface area contributed by atoms with E-state index in [-0.39, 0.29) is 5.97 Å². The third-order valence-electron chi connectivity index (χ3n) is 4.24. The van der Waals surface area contributed by atoms with Gasteiger partial charge in [-0.1, -0.05) is 23.8 Å². The van der Waals surface area contributed by atoms with Crippen LogP contribution in [-0.2, 0) is 20.8 Å². The highest BCUT2D eigenvalue weighted by Gasteiger charge is 2.20. The van der Waals surface area contributed by atoms with Crippen LogP contribution in [-0.4, -0.2) is 43.8 Å². The highest BCUT2D eigenvalue weighted by Crippen LogP contribution is 2.18. The van der Waals surface area contributed by atoms with E-state index in [1.54, 1.807) is 0 Å². The van der Waals surface area contributed by atoms with Crippen molar-refractivity contribution in [3.63, 3.8) is 0 Å². The van der Waals surface area contributed by atoms with Crippen LogP contribution in [0.2, 0.25) is 0 Å². The molecule has 0 aliphatic carbocycles. The molecule has 1 aliphatic heterocycles. The molecule has 0 aromatic heterocycles. The molecule has 1 aliphatic rings. The highest BCUT2D eigenvalue weighted by atomic mass is 16.5. The summed E-state index contributed by atoms with van der Waals surface area (Å²) in [5.74, 6) is -0.154. The number of rotatable bonds is 7. The van der Waals surface area contributed by atoms with Crippen LogP contribution in [0.5, 0.6) is 0 Å². The minimum atomic E-state index is -0.154. The van der Waals surface area contributed by atoms with Gasteiger partial charge in [0.05, 0.1) is 19.6 Å². The predicted molar refractivity (Wildman–Crippen MR) is 86.8 cm³/mol. The number of hydrogen-bond donors (Lipinski definition) is 0. The Hall–Kier alpha value is -1.39. The van der Waals surface area contributed by atoms with Gasteiger partial charge in [0.1, 0.15) is 0 Å². The van der Waals surface area contributed by atoms with Gasteiger partial charge in [-0.05, 0) is 37.8 Å². The van der Waals surface area contributed by atoms with E-state index >= 15 is 0 Å². The van der Waals surface area contributed by atoms with Crippen LogP contribution >= 0.6 is 0 Å². The third-order valence-corrected chi connectivity index (χ3v) is 4.24.